The molecular formula is C19H21BrN2O4. The van der Waals surface area contributed by atoms with Crippen LogP contribution < -0.4 is 20.1 Å². The van der Waals surface area contributed by atoms with Crippen LogP contribution in [0.3, 0.4) is 0 Å². The molecule has 26 heavy (non-hydrogen) atoms. The average molecular weight is 421 g/mol. The Labute approximate surface area is 161 Å². The molecule has 2 amide bonds. The SMILES string of the molecule is COc1ccc(C(=O)NCCNC(=O)Cc2ccccc2Br)cc1OC. The number of nitrogens with one attached hydrogen (secondary N) is 2. The van der Waals surface area contributed by atoms with E-state index in [1.165, 1.54) is 14.2 Å². The maximum Gasteiger partial charge on any atom is 0.251 e. The van der Waals surface area contributed by atoms with Crippen molar-refractivity contribution in [2.24, 2.45) is 0 Å². The van der Waals surface area contributed by atoms with Gasteiger partial charge in [-0.1, -0.05) is 34.1 Å². The van der Waals surface area contributed by atoms with Gasteiger partial charge < -0.3 is 20.1 Å². The highest BCUT2D eigenvalue weighted by Gasteiger charge is 2.11. The molecule has 0 spiro atoms. The van der Waals surface area contributed by atoms with Gasteiger partial charge in [-0.05, 0) is 29.8 Å². The molecule has 0 bridgehead atoms. The number of benzene rings is 2. The zero-order chi connectivity index (χ0) is 18.9. The van der Waals surface area contributed by atoms with Crippen LogP contribution in [-0.4, -0.2) is 39.1 Å². The number of ether oxygens (including phenoxy) is 2. The van der Waals surface area contributed by atoms with Crippen LogP contribution in [0.25, 0.3) is 0 Å². The lowest BCUT2D eigenvalue weighted by molar-refractivity contribution is -0.120. The van der Waals surface area contributed by atoms with E-state index in [-0.39, 0.29) is 18.2 Å². The van der Waals surface area contributed by atoms with Crippen molar-refractivity contribution in [2.45, 2.75) is 6.42 Å². The van der Waals surface area contributed by atoms with Crippen molar-refractivity contribution in [1.29, 1.82) is 0 Å². The predicted molar refractivity (Wildman–Crippen MR) is 103 cm³/mol. The number of hydrogen-bond donors (Lipinski definition) is 2. The Kier molecular flexibility index (Phi) is 7.47. The van der Waals surface area contributed by atoms with Gasteiger partial charge in [-0.2, -0.15) is 0 Å². The van der Waals surface area contributed by atoms with Crippen molar-refractivity contribution >= 4 is 27.7 Å². The molecule has 2 N–H and O–H groups in total. The summed E-state index contributed by atoms with van der Waals surface area (Å²) in [4.78, 5) is 24.1. The summed E-state index contributed by atoms with van der Waals surface area (Å²) in [5.74, 6) is 0.702. The minimum Gasteiger partial charge on any atom is -0.493 e. The highest BCUT2D eigenvalue weighted by molar-refractivity contribution is 9.10. The molecular weight excluding hydrogens is 400 g/mol. The molecule has 0 aromatic heterocycles. The van der Waals surface area contributed by atoms with E-state index in [1.54, 1.807) is 18.2 Å². The Bertz CT molecular complexity index is 780. The lowest BCUT2D eigenvalue weighted by Crippen LogP contribution is -2.35. The van der Waals surface area contributed by atoms with E-state index in [1.807, 2.05) is 24.3 Å². The molecule has 6 nitrogen and oxygen atoms in total. The number of carbonyl (C=O) groups is 2. The summed E-state index contributed by atoms with van der Waals surface area (Å²) in [6, 6.07) is 12.5. The normalized spacial score (nSPS) is 10.1. The Morgan fingerprint density at radius 3 is 2.35 bits per heavy atom. The standard InChI is InChI=1S/C19H21BrN2O4/c1-25-16-8-7-14(11-17(16)26-2)19(24)22-10-9-21-18(23)12-13-5-3-4-6-15(13)20/h3-8,11H,9-10,12H2,1-2H3,(H,21,23)(H,22,24). The molecule has 0 aliphatic carbocycles. The minimum absolute atomic E-state index is 0.0998. The van der Waals surface area contributed by atoms with Gasteiger partial charge in [-0.25, -0.2) is 0 Å². The molecule has 0 saturated carbocycles. The van der Waals surface area contributed by atoms with Crippen LogP contribution in [0.1, 0.15) is 15.9 Å². The van der Waals surface area contributed by atoms with Crippen LogP contribution in [0, 0.1) is 0 Å². The molecule has 0 heterocycles. The van der Waals surface area contributed by atoms with Crippen molar-refractivity contribution in [3.05, 3.63) is 58.1 Å². The summed E-state index contributed by atoms with van der Waals surface area (Å²) in [5, 5.41) is 5.55. The number of methoxy groups -OCH3 is 2. The van der Waals surface area contributed by atoms with Crippen LogP contribution in [0.4, 0.5) is 0 Å². The molecule has 2 rings (SSSR count). The summed E-state index contributed by atoms with van der Waals surface area (Å²) in [7, 11) is 3.05. The highest BCUT2D eigenvalue weighted by atomic mass is 79.9. The second-order valence-corrected chi connectivity index (χ2v) is 6.30. The Morgan fingerprint density at radius 2 is 1.65 bits per heavy atom. The van der Waals surface area contributed by atoms with E-state index < -0.39 is 0 Å². The second-order valence-electron chi connectivity index (χ2n) is 5.44. The van der Waals surface area contributed by atoms with Crippen LogP contribution in [0.2, 0.25) is 0 Å². The molecule has 138 valence electrons. The van der Waals surface area contributed by atoms with Gasteiger partial charge in [0.05, 0.1) is 20.6 Å². The second kappa shape index (κ2) is 9.82. The van der Waals surface area contributed by atoms with Gasteiger partial charge in [-0.3, -0.25) is 9.59 Å². The third-order valence-corrected chi connectivity index (χ3v) is 4.46. The minimum atomic E-state index is -0.244. The van der Waals surface area contributed by atoms with Gasteiger partial charge in [0, 0.05) is 23.1 Å². The summed E-state index contributed by atoms with van der Waals surface area (Å²) in [6.07, 6.45) is 0.283. The van der Waals surface area contributed by atoms with Crippen molar-refractivity contribution in [3.8, 4) is 11.5 Å². The van der Waals surface area contributed by atoms with Crippen LogP contribution >= 0.6 is 15.9 Å². The average Bonchev–Trinajstić information content (AvgIpc) is 2.66. The highest BCUT2D eigenvalue weighted by Crippen LogP contribution is 2.27. The summed E-state index contributed by atoms with van der Waals surface area (Å²) < 4.78 is 11.2. The summed E-state index contributed by atoms with van der Waals surface area (Å²) >= 11 is 3.42. The number of halogens is 1. The summed E-state index contributed by atoms with van der Waals surface area (Å²) in [5.41, 5.74) is 1.38. The van der Waals surface area contributed by atoms with Gasteiger partial charge in [0.2, 0.25) is 5.91 Å². The maximum absolute atomic E-state index is 12.2. The van der Waals surface area contributed by atoms with Crippen molar-refractivity contribution in [1.82, 2.24) is 10.6 Å². The van der Waals surface area contributed by atoms with Gasteiger partial charge in [0.25, 0.3) is 5.91 Å². The molecule has 2 aromatic carbocycles. The molecule has 7 heteroatoms. The van der Waals surface area contributed by atoms with Crippen molar-refractivity contribution in [2.75, 3.05) is 27.3 Å². The molecule has 0 aliphatic rings. The fraction of sp³-hybridized carbons (Fsp3) is 0.263. The monoisotopic (exact) mass is 420 g/mol. The number of rotatable bonds is 8. The first-order chi connectivity index (χ1) is 12.5. The lowest BCUT2D eigenvalue weighted by Gasteiger charge is -2.10. The van der Waals surface area contributed by atoms with Gasteiger partial charge in [0.1, 0.15) is 0 Å². The third-order valence-electron chi connectivity index (χ3n) is 3.69. The zero-order valence-corrected chi connectivity index (χ0v) is 16.3. The van der Waals surface area contributed by atoms with E-state index in [0.717, 1.165) is 10.0 Å². The Balaban J connectivity index is 1.78. The van der Waals surface area contributed by atoms with E-state index in [9.17, 15) is 9.59 Å². The van der Waals surface area contributed by atoms with E-state index >= 15 is 0 Å². The van der Waals surface area contributed by atoms with E-state index in [2.05, 4.69) is 26.6 Å². The van der Waals surface area contributed by atoms with Crippen molar-refractivity contribution < 1.29 is 19.1 Å². The number of hydrogen-bond acceptors (Lipinski definition) is 4. The Hall–Kier alpha value is -2.54. The Morgan fingerprint density at radius 1 is 0.962 bits per heavy atom. The molecule has 0 saturated heterocycles. The first kappa shape index (κ1) is 19.8. The first-order valence-electron chi connectivity index (χ1n) is 8.05. The van der Waals surface area contributed by atoms with Gasteiger partial charge >= 0.3 is 0 Å². The quantitative estimate of drug-likeness (QED) is 0.643. The predicted octanol–water partition coefficient (Wildman–Crippen LogP) is 2.56. The van der Waals surface area contributed by atoms with E-state index in [0.29, 0.717) is 30.2 Å². The summed E-state index contributed by atoms with van der Waals surface area (Å²) in [6.45, 7) is 0.678. The smallest absolute Gasteiger partial charge is 0.251 e. The zero-order valence-electron chi connectivity index (χ0n) is 14.7. The van der Waals surface area contributed by atoms with Crippen LogP contribution in [0.5, 0.6) is 11.5 Å². The molecule has 0 atom stereocenters. The molecule has 2 aromatic rings. The van der Waals surface area contributed by atoms with Gasteiger partial charge in [0.15, 0.2) is 11.5 Å². The fourth-order valence-corrected chi connectivity index (χ4v) is 2.76. The molecule has 0 aliphatic heterocycles. The van der Waals surface area contributed by atoms with Crippen molar-refractivity contribution in [3.63, 3.8) is 0 Å². The fourth-order valence-electron chi connectivity index (χ4n) is 2.33. The van der Waals surface area contributed by atoms with Gasteiger partial charge in [-0.15, -0.1) is 0 Å². The molecule has 0 fully saturated rings. The third kappa shape index (κ3) is 5.49. The first-order valence-corrected chi connectivity index (χ1v) is 8.84. The number of amides is 2. The topological polar surface area (TPSA) is 76.7 Å². The lowest BCUT2D eigenvalue weighted by atomic mass is 10.1. The molecule has 0 unspecified atom stereocenters. The molecule has 0 radical (unpaired) electrons. The van der Waals surface area contributed by atoms with Crippen LogP contribution in [0.15, 0.2) is 46.9 Å². The number of carbonyl (C=O) groups excluding carboxylic acids is 2. The van der Waals surface area contributed by atoms with Crippen LogP contribution in [-0.2, 0) is 11.2 Å². The van der Waals surface area contributed by atoms with E-state index in [4.69, 9.17) is 9.47 Å². The largest absolute Gasteiger partial charge is 0.493 e. The maximum atomic E-state index is 12.2.